The van der Waals surface area contributed by atoms with Crippen LogP contribution in [0.1, 0.15) is 44.8 Å². The van der Waals surface area contributed by atoms with Crippen LogP contribution < -0.4 is 5.73 Å². The molecule has 108 valence electrons. The van der Waals surface area contributed by atoms with Crippen LogP contribution in [0.5, 0.6) is 0 Å². The van der Waals surface area contributed by atoms with E-state index in [9.17, 15) is 4.79 Å². The summed E-state index contributed by atoms with van der Waals surface area (Å²) in [6, 6.07) is -0.554. The van der Waals surface area contributed by atoms with Crippen LogP contribution in [-0.4, -0.2) is 34.5 Å². The molecule has 1 aromatic heterocycles. The molecule has 1 atom stereocenters. The molecule has 1 aromatic rings. The van der Waals surface area contributed by atoms with Gasteiger partial charge >= 0.3 is 5.97 Å². The zero-order chi connectivity index (χ0) is 14.3. The number of hydrogen-bond donors (Lipinski definition) is 1. The lowest BCUT2D eigenvalue weighted by Crippen LogP contribution is -2.32. The highest BCUT2D eigenvalue weighted by Crippen LogP contribution is 2.15. The number of nitrogens with zero attached hydrogens (tertiary/aromatic N) is 2. The summed E-state index contributed by atoms with van der Waals surface area (Å²) in [7, 11) is 0. The molecule has 0 aromatic carbocycles. The Kier molecular flexibility index (Phi) is 6.86. The van der Waals surface area contributed by atoms with Gasteiger partial charge in [0.1, 0.15) is 6.04 Å². The Morgan fingerprint density at radius 2 is 2.26 bits per heavy atom. The van der Waals surface area contributed by atoms with E-state index < -0.39 is 6.04 Å². The fourth-order valence-electron chi connectivity index (χ4n) is 1.30. The normalized spacial score (nSPS) is 12.7. The number of thioether (sulfide) groups is 1. The average molecular weight is 287 g/mol. The van der Waals surface area contributed by atoms with Crippen LogP contribution in [0.2, 0.25) is 0 Å². The summed E-state index contributed by atoms with van der Waals surface area (Å²) in [5.41, 5.74) is 5.69. The van der Waals surface area contributed by atoms with Gasteiger partial charge in [-0.05, 0) is 19.1 Å². The van der Waals surface area contributed by atoms with Crippen LogP contribution in [0.15, 0.2) is 4.52 Å². The highest BCUT2D eigenvalue weighted by molar-refractivity contribution is 7.98. The quantitative estimate of drug-likeness (QED) is 0.574. The van der Waals surface area contributed by atoms with E-state index in [1.165, 1.54) is 0 Å². The topological polar surface area (TPSA) is 91.2 Å². The molecule has 0 spiro atoms. The number of aromatic nitrogens is 2. The van der Waals surface area contributed by atoms with Crippen LogP contribution >= 0.6 is 11.8 Å². The van der Waals surface area contributed by atoms with E-state index in [-0.39, 0.29) is 11.9 Å². The maximum atomic E-state index is 11.3. The number of carbonyl (C=O) groups excluding carboxylic acids is 1. The lowest BCUT2D eigenvalue weighted by molar-refractivity contribution is -0.144. The Balaban J connectivity index is 2.21. The first-order valence-electron chi connectivity index (χ1n) is 6.37. The van der Waals surface area contributed by atoms with Gasteiger partial charge in [0.2, 0.25) is 5.89 Å². The molecule has 1 unspecified atom stereocenters. The third kappa shape index (κ3) is 5.61. The van der Waals surface area contributed by atoms with Crippen molar-refractivity contribution in [3.8, 4) is 0 Å². The lowest BCUT2D eigenvalue weighted by Gasteiger charge is -2.09. The van der Waals surface area contributed by atoms with Gasteiger partial charge in [-0.3, -0.25) is 4.79 Å². The second kappa shape index (κ2) is 8.16. The van der Waals surface area contributed by atoms with Crippen LogP contribution in [0, 0.1) is 0 Å². The average Bonchev–Trinajstić information content (AvgIpc) is 2.83. The smallest absolute Gasteiger partial charge is 0.322 e. The molecule has 0 saturated carbocycles. The molecule has 0 saturated heterocycles. The van der Waals surface area contributed by atoms with Crippen molar-refractivity contribution < 1.29 is 14.1 Å². The molecule has 0 aliphatic heterocycles. The highest BCUT2D eigenvalue weighted by Gasteiger charge is 2.14. The van der Waals surface area contributed by atoms with E-state index in [2.05, 4.69) is 10.1 Å². The summed E-state index contributed by atoms with van der Waals surface area (Å²) >= 11 is 1.61. The first-order chi connectivity index (χ1) is 9.04. The minimum atomic E-state index is -0.554. The monoisotopic (exact) mass is 287 g/mol. The van der Waals surface area contributed by atoms with Gasteiger partial charge < -0.3 is 15.0 Å². The molecular weight excluding hydrogens is 266 g/mol. The van der Waals surface area contributed by atoms with Crippen molar-refractivity contribution in [3.05, 3.63) is 11.7 Å². The Bertz CT molecular complexity index is 395. The first-order valence-corrected chi connectivity index (χ1v) is 7.52. The molecule has 0 fully saturated rings. The van der Waals surface area contributed by atoms with E-state index >= 15 is 0 Å². The first kappa shape index (κ1) is 16.0. The van der Waals surface area contributed by atoms with Gasteiger partial charge in [0, 0.05) is 5.92 Å². The molecule has 2 N–H and O–H groups in total. The van der Waals surface area contributed by atoms with Gasteiger partial charge in [-0.25, -0.2) is 0 Å². The molecule has 19 heavy (non-hydrogen) atoms. The van der Waals surface area contributed by atoms with E-state index in [1.807, 2.05) is 13.8 Å². The van der Waals surface area contributed by atoms with Crippen molar-refractivity contribution in [3.63, 3.8) is 0 Å². The Hall–Kier alpha value is -1.08. The summed E-state index contributed by atoms with van der Waals surface area (Å²) in [6.45, 7) is 6.15. The van der Waals surface area contributed by atoms with E-state index in [1.54, 1.807) is 18.7 Å². The predicted molar refractivity (Wildman–Crippen MR) is 73.8 cm³/mol. The SMILES string of the molecule is CCOC(=O)C(N)CCSCc1nc(C(C)C)no1. The number of ether oxygens (including phenoxy) is 1. The fraction of sp³-hybridized carbons (Fsp3) is 0.750. The van der Waals surface area contributed by atoms with Crippen molar-refractivity contribution in [2.24, 2.45) is 5.73 Å². The lowest BCUT2D eigenvalue weighted by atomic mass is 10.2. The molecule has 6 nitrogen and oxygen atoms in total. The maximum absolute atomic E-state index is 11.3. The Labute approximate surface area is 117 Å². The standard InChI is InChI=1S/C12H21N3O3S/c1-4-17-12(16)9(13)5-6-19-7-10-14-11(8(2)3)15-18-10/h8-9H,4-7,13H2,1-3H3. The molecule has 7 heteroatoms. The van der Waals surface area contributed by atoms with Crippen LogP contribution in [0.25, 0.3) is 0 Å². The Morgan fingerprint density at radius 3 is 2.84 bits per heavy atom. The maximum Gasteiger partial charge on any atom is 0.322 e. The highest BCUT2D eigenvalue weighted by atomic mass is 32.2. The molecule has 0 aliphatic carbocycles. The number of nitrogens with two attached hydrogens (primary N) is 1. The number of esters is 1. The van der Waals surface area contributed by atoms with Crippen LogP contribution in [0.4, 0.5) is 0 Å². The summed E-state index contributed by atoms with van der Waals surface area (Å²) in [4.78, 5) is 15.6. The largest absolute Gasteiger partial charge is 0.465 e. The third-order valence-corrected chi connectivity index (χ3v) is 3.36. The van der Waals surface area contributed by atoms with Crippen LogP contribution in [-0.2, 0) is 15.3 Å². The van der Waals surface area contributed by atoms with Gasteiger partial charge in [0.05, 0.1) is 12.4 Å². The van der Waals surface area contributed by atoms with E-state index in [0.29, 0.717) is 24.7 Å². The minimum Gasteiger partial charge on any atom is -0.465 e. The third-order valence-electron chi connectivity index (χ3n) is 2.39. The van der Waals surface area contributed by atoms with Crippen LogP contribution in [0.3, 0.4) is 0 Å². The molecule has 0 bridgehead atoms. The van der Waals surface area contributed by atoms with Crippen molar-refractivity contribution in [1.29, 1.82) is 0 Å². The van der Waals surface area contributed by atoms with E-state index in [4.69, 9.17) is 15.0 Å². The molecule has 0 amide bonds. The van der Waals surface area contributed by atoms with E-state index in [0.717, 1.165) is 11.6 Å². The fourth-order valence-corrected chi connectivity index (χ4v) is 2.15. The summed E-state index contributed by atoms with van der Waals surface area (Å²) in [5, 5.41) is 3.88. The number of hydrogen-bond acceptors (Lipinski definition) is 7. The summed E-state index contributed by atoms with van der Waals surface area (Å²) in [5.74, 6) is 2.63. The van der Waals surface area contributed by atoms with Crippen molar-refractivity contribution in [2.45, 2.75) is 44.9 Å². The molecule has 0 radical (unpaired) electrons. The molecule has 0 aliphatic rings. The van der Waals surface area contributed by atoms with Gasteiger partial charge in [-0.15, -0.1) is 0 Å². The predicted octanol–water partition coefficient (Wildman–Crippen LogP) is 1.71. The van der Waals surface area contributed by atoms with Gasteiger partial charge in [-0.1, -0.05) is 19.0 Å². The minimum absolute atomic E-state index is 0.264. The van der Waals surface area contributed by atoms with Crippen molar-refractivity contribution >= 4 is 17.7 Å². The zero-order valence-electron chi connectivity index (χ0n) is 11.6. The second-order valence-corrected chi connectivity index (χ2v) is 5.51. The van der Waals surface area contributed by atoms with Crippen molar-refractivity contribution in [1.82, 2.24) is 10.1 Å². The van der Waals surface area contributed by atoms with Gasteiger partial charge in [0.15, 0.2) is 5.82 Å². The number of rotatable bonds is 8. The van der Waals surface area contributed by atoms with Gasteiger partial charge in [-0.2, -0.15) is 16.7 Å². The Morgan fingerprint density at radius 1 is 1.53 bits per heavy atom. The molecule has 1 rings (SSSR count). The number of carbonyl (C=O) groups is 1. The molecule has 1 heterocycles. The summed E-state index contributed by atoms with van der Waals surface area (Å²) < 4.78 is 9.95. The van der Waals surface area contributed by atoms with Crippen molar-refractivity contribution in [2.75, 3.05) is 12.4 Å². The zero-order valence-corrected chi connectivity index (χ0v) is 12.4. The van der Waals surface area contributed by atoms with Gasteiger partial charge in [0.25, 0.3) is 0 Å². The second-order valence-electron chi connectivity index (χ2n) is 4.40. The molecular formula is C12H21N3O3S. The summed E-state index contributed by atoms with van der Waals surface area (Å²) in [6.07, 6.45) is 0.578.